The molecule has 1 fully saturated rings. The van der Waals surface area contributed by atoms with E-state index in [0.717, 1.165) is 32.6 Å². The van der Waals surface area contributed by atoms with E-state index in [1.807, 2.05) is 0 Å². The van der Waals surface area contributed by atoms with Crippen molar-refractivity contribution in [2.75, 3.05) is 44.7 Å². The number of carbonyl (C=O) groups is 1. The summed E-state index contributed by atoms with van der Waals surface area (Å²) >= 11 is 0. The predicted octanol–water partition coefficient (Wildman–Crippen LogP) is 1.00. The van der Waals surface area contributed by atoms with Crippen molar-refractivity contribution in [3.05, 3.63) is 18.0 Å². The van der Waals surface area contributed by atoms with Gasteiger partial charge in [-0.05, 0) is 25.5 Å². The first-order chi connectivity index (χ1) is 10.1. The zero-order valence-corrected chi connectivity index (χ0v) is 13.2. The molecule has 116 valence electrons. The van der Waals surface area contributed by atoms with Crippen LogP contribution >= 0.6 is 0 Å². The number of hydrogen-bond donors (Lipinski definition) is 1. The highest BCUT2D eigenvalue weighted by atomic mass is 16.1. The van der Waals surface area contributed by atoms with Crippen LogP contribution < -0.4 is 10.2 Å². The zero-order valence-electron chi connectivity index (χ0n) is 13.2. The van der Waals surface area contributed by atoms with E-state index in [-0.39, 0.29) is 5.91 Å². The van der Waals surface area contributed by atoms with E-state index in [0.29, 0.717) is 24.1 Å². The van der Waals surface area contributed by atoms with Gasteiger partial charge in [-0.1, -0.05) is 13.8 Å². The third-order valence-electron chi connectivity index (χ3n) is 3.67. The molecule has 1 aliphatic rings. The largest absolute Gasteiger partial charge is 0.351 e. The molecule has 6 heteroatoms. The van der Waals surface area contributed by atoms with Crippen molar-refractivity contribution in [3.63, 3.8) is 0 Å². The van der Waals surface area contributed by atoms with E-state index in [9.17, 15) is 4.79 Å². The quantitative estimate of drug-likeness (QED) is 0.877. The van der Waals surface area contributed by atoms with Crippen LogP contribution in [0, 0.1) is 5.92 Å². The number of carbonyl (C=O) groups excluding carboxylic acids is 1. The Bertz CT molecular complexity index is 469. The minimum Gasteiger partial charge on any atom is -0.351 e. The maximum Gasteiger partial charge on any atom is 0.270 e. The SMILES string of the molecule is CC(C)CCNC(=O)c1ccnc(N2CCN(C)CC2)n1. The van der Waals surface area contributed by atoms with E-state index in [2.05, 4.69) is 46.0 Å². The van der Waals surface area contributed by atoms with Crippen molar-refractivity contribution in [1.82, 2.24) is 20.2 Å². The number of nitrogens with one attached hydrogen (secondary N) is 1. The molecule has 0 spiro atoms. The van der Waals surface area contributed by atoms with Crippen molar-refractivity contribution in [2.24, 2.45) is 5.92 Å². The zero-order chi connectivity index (χ0) is 15.2. The summed E-state index contributed by atoms with van der Waals surface area (Å²) in [4.78, 5) is 25.2. The first-order valence-corrected chi connectivity index (χ1v) is 7.61. The fourth-order valence-corrected chi connectivity index (χ4v) is 2.20. The number of nitrogens with zero attached hydrogens (tertiary/aromatic N) is 4. The average Bonchev–Trinajstić information content (AvgIpc) is 2.47. The highest BCUT2D eigenvalue weighted by molar-refractivity contribution is 5.92. The maximum atomic E-state index is 12.1. The first kappa shape index (κ1) is 15.7. The van der Waals surface area contributed by atoms with Crippen molar-refractivity contribution in [1.29, 1.82) is 0 Å². The molecule has 0 radical (unpaired) electrons. The van der Waals surface area contributed by atoms with E-state index in [4.69, 9.17) is 0 Å². The Kier molecular flexibility index (Phi) is 5.50. The van der Waals surface area contributed by atoms with Gasteiger partial charge >= 0.3 is 0 Å². The second-order valence-corrected chi connectivity index (χ2v) is 5.97. The van der Waals surface area contributed by atoms with Crippen LogP contribution in [0.1, 0.15) is 30.8 Å². The molecule has 0 aliphatic carbocycles. The van der Waals surface area contributed by atoms with Crippen LogP contribution in [-0.2, 0) is 0 Å². The van der Waals surface area contributed by atoms with E-state index in [1.165, 1.54) is 0 Å². The third-order valence-corrected chi connectivity index (χ3v) is 3.67. The van der Waals surface area contributed by atoms with Gasteiger partial charge in [0, 0.05) is 38.9 Å². The second-order valence-electron chi connectivity index (χ2n) is 5.97. The van der Waals surface area contributed by atoms with Gasteiger partial charge in [-0.25, -0.2) is 9.97 Å². The standard InChI is InChI=1S/C15H25N5O/c1-12(2)4-6-16-14(21)13-5-7-17-15(18-13)20-10-8-19(3)9-11-20/h5,7,12H,4,6,8-11H2,1-3H3,(H,16,21). The smallest absolute Gasteiger partial charge is 0.270 e. The van der Waals surface area contributed by atoms with Crippen LogP contribution in [0.3, 0.4) is 0 Å². The van der Waals surface area contributed by atoms with Crippen molar-refractivity contribution < 1.29 is 4.79 Å². The molecule has 2 heterocycles. The first-order valence-electron chi connectivity index (χ1n) is 7.61. The lowest BCUT2D eigenvalue weighted by molar-refractivity contribution is 0.0947. The number of rotatable bonds is 5. The second kappa shape index (κ2) is 7.36. The van der Waals surface area contributed by atoms with Crippen molar-refractivity contribution >= 4 is 11.9 Å². The summed E-state index contributed by atoms with van der Waals surface area (Å²) in [6, 6.07) is 1.67. The van der Waals surface area contributed by atoms with Gasteiger partial charge in [-0.15, -0.1) is 0 Å². The van der Waals surface area contributed by atoms with Crippen molar-refractivity contribution in [3.8, 4) is 0 Å². The fourth-order valence-electron chi connectivity index (χ4n) is 2.20. The summed E-state index contributed by atoms with van der Waals surface area (Å²) in [7, 11) is 2.11. The maximum absolute atomic E-state index is 12.1. The molecule has 2 rings (SSSR count). The van der Waals surface area contributed by atoms with Crippen LogP contribution in [0.5, 0.6) is 0 Å². The third kappa shape index (κ3) is 4.67. The highest BCUT2D eigenvalue weighted by Gasteiger charge is 2.17. The topological polar surface area (TPSA) is 61.4 Å². The molecular formula is C15H25N5O. The van der Waals surface area contributed by atoms with E-state index >= 15 is 0 Å². The van der Waals surface area contributed by atoms with Crippen LogP contribution in [0.15, 0.2) is 12.3 Å². The lowest BCUT2D eigenvalue weighted by Crippen LogP contribution is -2.45. The minimum absolute atomic E-state index is 0.117. The summed E-state index contributed by atoms with van der Waals surface area (Å²) < 4.78 is 0. The molecule has 0 saturated carbocycles. The molecule has 0 atom stereocenters. The molecule has 0 aromatic carbocycles. The van der Waals surface area contributed by atoms with Crippen molar-refractivity contribution in [2.45, 2.75) is 20.3 Å². The Hall–Kier alpha value is -1.69. The molecule has 21 heavy (non-hydrogen) atoms. The number of piperazine rings is 1. The Labute approximate surface area is 126 Å². The molecule has 1 N–H and O–H groups in total. The average molecular weight is 291 g/mol. The van der Waals surface area contributed by atoms with E-state index in [1.54, 1.807) is 12.3 Å². The summed E-state index contributed by atoms with van der Waals surface area (Å²) in [6.45, 7) is 8.75. The summed E-state index contributed by atoms with van der Waals surface area (Å²) in [5, 5.41) is 2.91. The van der Waals surface area contributed by atoms with Gasteiger partial charge < -0.3 is 15.1 Å². The summed E-state index contributed by atoms with van der Waals surface area (Å²) in [5.41, 5.74) is 0.447. The number of aromatic nitrogens is 2. The van der Waals surface area contributed by atoms with Gasteiger partial charge in [-0.3, -0.25) is 4.79 Å². The summed E-state index contributed by atoms with van der Waals surface area (Å²) in [5.74, 6) is 1.12. The monoisotopic (exact) mass is 291 g/mol. The number of hydrogen-bond acceptors (Lipinski definition) is 5. The van der Waals surface area contributed by atoms with Gasteiger partial charge in [-0.2, -0.15) is 0 Å². The van der Waals surface area contributed by atoms with Gasteiger partial charge in [0.25, 0.3) is 5.91 Å². The normalized spacial score (nSPS) is 16.3. The molecule has 0 bridgehead atoms. The molecule has 1 aromatic heterocycles. The molecule has 6 nitrogen and oxygen atoms in total. The van der Waals surface area contributed by atoms with Gasteiger partial charge in [0.15, 0.2) is 0 Å². The van der Waals surface area contributed by atoms with Crippen LogP contribution in [0.25, 0.3) is 0 Å². The molecule has 1 aliphatic heterocycles. The van der Waals surface area contributed by atoms with Crippen LogP contribution in [0.2, 0.25) is 0 Å². The Morgan fingerprint density at radius 1 is 1.33 bits per heavy atom. The van der Waals surface area contributed by atoms with Crippen LogP contribution in [-0.4, -0.2) is 60.5 Å². The molecule has 1 saturated heterocycles. The Balaban J connectivity index is 1.95. The molecule has 0 unspecified atom stereocenters. The molecule has 1 amide bonds. The lowest BCUT2D eigenvalue weighted by atomic mass is 10.1. The molecular weight excluding hydrogens is 266 g/mol. The lowest BCUT2D eigenvalue weighted by Gasteiger charge is -2.32. The van der Waals surface area contributed by atoms with Gasteiger partial charge in [0.2, 0.25) is 5.95 Å². The van der Waals surface area contributed by atoms with Gasteiger partial charge in [0.05, 0.1) is 0 Å². The van der Waals surface area contributed by atoms with E-state index < -0.39 is 0 Å². The summed E-state index contributed by atoms with van der Waals surface area (Å²) in [6.07, 6.45) is 2.64. The minimum atomic E-state index is -0.117. The van der Waals surface area contributed by atoms with Crippen LogP contribution in [0.4, 0.5) is 5.95 Å². The Morgan fingerprint density at radius 3 is 2.71 bits per heavy atom. The highest BCUT2D eigenvalue weighted by Crippen LogP contribution is 2.10. The number of amides is 1. The predicted molar refractivity (Wildman–Crippen MR) is 83.5 cm³/mol. The fraction of sp³-hybridized carbons (Fsp3) is 0.667. The number of likely N-dealkylation sites (N-methyl/N-ethyl adjacent to an activating group) is 1. The number of anilines is 1. The Morgan fingerprint density at radius 2 is 2.05 bits per heavy atom. The van der Waals surface area contributed by atoms with Gasteiger partial charge in [0.1, 0.15) is 5.69 Å². The molecule has 1 aromatic rings.